The first kappa shape index (κ1) is 25.8. The van der Waals surface area contributed by atoms with Crippen molar-refractivity contribution in [2.24, 2.45) is 5.10 Å². The van der Waals surface area contributed by atoms with Gasteiger partial charge in [-0.25, -0.2) is 10.4 Å². The van der Waals surface area contributed by atoms with Gasteiger partial charge in [-0.2, -0.15) is 18.3 Å². The Hall–Kier alpha value is -4.24. The first-order valence-electron chi connectivity index (χ1n) is 11.0. The number of hydrogen-bond acceptors (Lipinski definition) is 4. The number of aryl methyl sites for hydroxylation is 1. The van der Waals surface area contributed by atoms with Crippen LogP contribution in [0.4, 0.5) is 18.9 Å². The predicted octanol–water partition coefficient (Wildman–Crippen LogP) is 6.52. The maximum atomic E-state index is 13.2. The summed E-state index contributed by atoms with van der Waals surface area (Å²) in [4.78, 5) is 29.2. The molecule has 188 valence electrons. The number of hydrogen-bond donors (Lipinski definition) is 2. The second kappa shape index (κ2) is 10.4. The number of nitrogens with zero attached hydrogens (tertiary/aromatic N) is 2. The number of carbonyl (C=O) groups excluding carboxylic acids is 2. The quantitative estimate of drug-likeness (QED) is 0.230. The molecule has 4 rings (SSSR count). The zero-order valence-corrected chi connectivity index (χ0v) is 20.4. The number of carbonyl (C=O) groups is 2. The molecule has 0 saturated heterocycles. The van der Waals surface area contributed by atoms with Gasteiger partial charge in [-0.05, 0) is 55.3 Å². The lowest BCUT2D eigenvalue weighted by atomic mass is 10.0. The molecule has 10 heteroatoms. The number of rotatable bonds is 5. The van der Waals surface area contributed by atoms with Crippen LogP contribution in [0.2, 0.25) is 5.02 Å². The molecule has 0 spiro atoms. The van der Waals surface area contributed by atoms with Crippen molar-refractivity contribution < 1.29 is 22.8 Å². The molecule has 0 aliphatic carbocycles. The van der Waals surface area contributed by atoms with Gasteiger partial charge in [0.1, 0.15) is 0 Å². The largest absolute Gasteiger partial charge is 0.471 e. The summed E-state index contributed by atoms with van der Waals surface area (Å²) in [5.74, 6) is -2.57. The second-order valence-corrected chi connectivity index (χ2v) is 8.64. The lowest BCUT2D eigenvalue weighted by Crippen LogP contribution is -2.29. The van der Waals surface area contributed by atoms with E-state index in [9.17, 15) is 22.8 Å². The van der Waals surface area contributed by atoms with Crippen LogP contribution >= 0.6 is 11.6 Å². The average molecular weight is 525 g/mol. The molecule has 2 amide bonds. The molecule has 0 atom stereocenters. The number of aromatic nitrogens is 1. The van der Waals surface area contributed by atoms with Gasteiger partial charge in [-0.15, -0.1) is 0 Å². The summed E-state index contributed by atoms with van der Waals surface area (Å²) in [7, 11) is 0. The van der Waals surface area contributed by atoms with E-state index in [1.54, 1.807) is 42.6 Å². The highest BCUT2D eigenvalue weighted by Crippen LogP contribution is 2.28. The van der Waals surface area contributed by atoms with Crippen LogP contribution in [0.1, 0.15) is 28.4 Å². The number of anilines is 1. The van der Waals surface area contributed by atoms with Crippen molar-refractivity contribution in [1.29, 1.82) is 0 Å². The van der Waals surface area contributed by atoms with Crippen LogP contribution < -0.4 is 10.7 Å². The summed E-state index contributed by atoms with van der Waals surface area (Å²) in [5, 5.41) is 7.14. The molecule has 0 fully saturated rings. The van der Waals surface area contributed by atoms with E-state index in [4.69, 9.17) is 16.6 Å². The highest BCUT2D eigenvalue weighted by molar-refractivity contribution is 6.30. The lowest BCUT2D eigenvalue weighted by Gasteiger charge is -2.11. The van der Waals surface area contributed by atoms with Gasteiger partial charge in [0.25, 0.3) is 5.91 Å². The average Bonchev–Trinajstić information content (AvgIpc) is 2.87. The Morgan fingerprint density at radius 2 is 1.68 bits per heavy atom. The maximum absolute atomic E-state index is 13.2. The third-order valence-electron chi connectivity index (χ3n) is 5.55. The van der Waals surface area contributed by atoms with Crippen molar-refractivity contribution in [3.05, 3.63) is 94.5 Å². The molecule has 0 saturated carbocycles. The van der Waals surface area contributed by atoms with Crippen molar-refractivity contribution in [2.45, 2.75) is 20.0 Å². The molecule has 6 nitrogen and oxygen atoms in total. The van der Waals surface area contributed by atoms with Crippen molar-refractivity contribution in [3.8, 4) is 11.3 Å². The summed E-state index contributed by atoms with van der Waals surface area (Å²) >= 11 is 6.01. The Bertz CT molecular complexity index is 1530. The maximum Gasteiger partial charge on any atom is 0.471 e. The summed E-state index contributed by atoms with van der Waals surface area (Å²) in [6, 6.07) is 20.0. The molecule has 0 radical (unpaired) electrons. The lowest BCUT2D eigenvalue weighted by molar-refractivity contribution is -0.167. The fraction of sp³-hybridized carbons (Fsp3) is 0.111. The minimum absolute atomic E-state index is 0.0519. The molecular formula is C27H20ClF3N4O2. The molecule has 1 heterocycles. The fourth-order valence-corrected chi connectivity index (χ4v) is 3.76. The van der Waals surface area contributed by atoms with Crippen LogP contribution in [0.5, 0.6) is 0 Å². The first-order valence-corrected chi connectivity index (χ1v) is 11.4. The van der Waals surface area contributed by atoms with Gasteiger partial charge in [0.2, 0.25) is 0 Å². The topological polar surface area (TPSA) is 83.4 Å². The number of para-hydroxylation sites is 1. The number of benzene rings is 3. The molecule has 0 unspecified atom stereocenters. The normalized spacial score (nSPS) is 11.9. The van der Waals surface area contributed by atoms with Crippen LogP contribution in [0.3, 0.4) is 0 Å². The number of amides is 2. The number of fused-ring (bicyclic) bond motifs is 1. The number of alkyl halides is 3. The zero-order chi connectivity index (χ0) is 26.7. The Morgan fingerprint density at radius 3 is 2.38 bits per heavy atom. The van der Waals surface area contributed by atoms with Crippen LogP contribution in [0.15, 0.2) is 77.9 Å². The molecular weight excluding hydrogens is 505 g/mol. The van der Waals surface area contributed by atoms with Gasteiger partial charge < -0.3 is 5.32 Å². The van der Waals surface area contributed by atoms with Crippen LogP contribution in [-0.4, -0.2) is 28.7 Å². The smallest absolute Gasteiger partial charge is 0.318 e. The molecule has 0 bridgehead atoms. The Morgan fingerprint density at radius 1 is 0.973 bits per heavy atom. The van der Waals surface area contributed by atoms with Gasteiger partial charge in [0.05, 0.1) is 22.5 Å². The monoisotopic (exact) mass is 524 g/mol. The third-order valence-corrected chi connectivity index (χ3v) is 5.80. The van der Waals surface area contributed by atoms with Crippen LogP contribution in [-0.2, 0) is 4.79 Å². The number of nitrogens with one attached hydrogen (secondary N) is 2. The summed E-state index contributed by atoms with van der Waals surface area (Å²) in [6.45, 7) is 3.48. The highest BCUT2D eigenvalue weighted by Gasteiger charge is 2.38. The van der Waals surface area contributed by atoms with Crippen molar-refractivity contribution in [3.63, 3.8) is 0 Å². The van der Waals surface area contributed by atoms with Gasteiger partial charge in [0, 0.05) is 21.7 Å². The van der Waals surface area contributed by atoms with E-state index in [1.807, 2.05) is 31.2 Å². The molecule has 0 aliphatic heterocycles. The zero-order valence-electron chi connectivity index (χ0n) is 19.7. The van der Waals surface area contributed by atoms with Crippen LogP contribution in [0.25, 0.3) is 22.2 Å². The Kier molecular flexibility index (Phi) is 7.26. The minimum atomic E-state index is -5.01. The van der Waals surface area contributed by atoms with E-state index < -0.39 is 18.0 Å². The third kappa shape index (κ3) is 5.95. The van der Waals surface area contributed by atoms with E-state index in [0.717, 1.165) is 11.1 Å². The molecule has 4 aromatic rings. The van der Waals surface area contributed by atoms with E-state index >= 15 is 0 Å². The van der Waals surface area contributed by atoms with Gasteiger partial charge in [0.15, 0.2) is 0 Å². The van der Waals surface area contributed by atoms with Crippen molar-refractivity contribution >= 4 is 45.7 Å². The Balaban J connectivity index is 1.64. The number of hydrazone groups is 1. The molecule has 1 aromatic heterocycles. The van der Waals surface area contributed by atoms with E-state index in [2.05, 4.69) is 10.5 Å². The van der Waals surface area contributed by atoms with Crippen molar-refractivity contribution in [1.82, 2.24) is 10.4 Å². The molecule has 37 heavy (non-hydrogen) atoms. The summed E-state index contributed by atoms with van der Waals surface area (Å²) in [6.07, 6.45) is -5.01. The molecule has 0 aliphatic rings. The minimum Gasteiger partial charge on any atom is -0.318 e. The summed E-state index contributed by atoms with van der Waals surface area (Å²) in [5.41, 5.74) is 6.46. The second-order valence-electron chi connectivity index (χ2n) is 8.20. The Labute approximate surface area is 215 Å². The van der Waals surface area contributed by atoms with E-state index in [0.29, 0.717) is 38.5 Å². The van der Waals surface area contributed by atoms with Gasteiger partial charge >= 0.3 is 12.1 Å². The van der Waals surface area contributed by atoms with Crippen LogP contribution in [0, 0.1) is 6.92 Å². The fourth-order valence-electron chi connectivity index (χ4n) is 3.63. The van der Waals surface area contributed by atoms with Gasteiger partial charge in [-0.3, -0.25) is 9.59 Å². The first-order chi connectivity index (χ1) is 17.5. The predicted molar refractivity (Wildman–Crippen MR) is 138 cm³/mol. The van der Waals surface area contributed by atoms with Crippen molar-refractivity contribution in [2.75, 3.05) is 5.32 Å². The highest BCUT2D eigenvalue weighted by atomic mass is 35.5. The SMILES string of the molecule is C/C(=N\NC(=O)c1cc(-c2ccc(Cl)cc2)nc2c(C)cccc12)c1cccc(NC(=O)C(F)(F)F)c1. The molecule has 2 N–H and O–H groups in total. The van der Waals surface area contributed by atoms with Gasteiger partial charge in [-0.1, -0.05) is 54.1 Å². The summed E-state index contributed by atoms with van der Waals surface area (Å²) < 4.78 is 37.7. The van der Waals surface area contributed by atoms with E-state index in [-0.39, 0.29) is 5.69 Å². The van der Waals surface area contributed by atoms with E-state index in [1.165, 1.54) is 18.2 Å². The standard InChI is InChI=1S/C27H20ClF3N4O2/c1-15-5-3-8-21-22(14-23(33-24(15)21)17-9-11-19(28)12-10-17)25(36)35-34-16(2)18-6-4-7-20(13-18)32-26(37)27(29,30)31/h3-14H,1-2H3,(H,32,37)(H,35,36)/b34-16+. The number of halogens is 4. The molecule has 3 aromatic carbocycles. The number of pyridine rings is 1.